The highest BCUT2D eigenvalue weighted by Gasteiger charge is 2.23. The maximum absolute atomic E-state index is 12.7. The molecule has 0 bridgehead atoms. The van der Waals surface area contributed by atoms with Gasteiger partial charge in [0.2, 0.25) is 5.91 Å². The van der Waals surface area contributed by atoms with Crippen molar-refractivity contribution in [1.29, 1.82) is 0 Å². The quantitative estimate of drug-likeness (QED) is 0.325. The molecular weight excluding hydrogens is 547 g/mol. The summed E-state index contributed by atoms with van der Waals surface area (Å²) < 4.78 is 0. The number of nitrogens with zero attached hydrogens (tertiary/aromatic N) is 5. The molecule has 2 aromatic rings. The van der Waals surface area contributed by atoms with E-state index in [1.54, 1.807) is 11.3 Å². The van der Waals surface area contributed by atoms with Gasteiger partial charge in [-0.1, -0.05) is 23.7 Å². The first-order valence-corrected chi connectivity index (χ1v) is 11.4. The normalized spacial score (nSPS) is 14.3. The number of aromatic nitrogens is 1. The van der Waals surface area contributed by atoms with Crippen molar-refractivity contribution in [2.75, 3.05) is 51.7 Å². The Morgan fingerprint density at radius 2 is 1.97 bits per heavy atom. The summed E-state index contributed by atoms with van der Waals surface area (Å²) in [5, 5.41) is 7.06. The predicted molar refractivity (Wildman–Crippen MR) is 140 cm³/mol. The molecular formula is C21H30ClIN6OS. The number of carbonyl (C=O) groups excluding carboxylic acids is 1. The third-order valence-electron chi connectivity index (χ3n) is 4.82. The Balaban J connectivity index is 0.00000341. The SMILES string of the molecule is CCNC(=NCc1csc(N(C)C)n1)N1CCN(C(=O)Cc2cccc(Cl)c2)CC1.I. The lowest BCUT2D eigenvalue weighted by Crippen LogP contribution is -2.54. The van der Waals surface area contributed by atoms with Gasteiger partial charge in [-0.25, -0.2) is 9.98 Å². The van der Waals surface area contributed by atoms with Crippen molar-refractivity contribution in [3.8, 4) is 0 Å². The van der Waals surface area contributed by atoms with Crippen LogP contribution in [-0.4, -0.2) is 73.5 Å². The van der Waals surface area contributed by atoms with E-state index in [4.69, 9.17) is 16.6 Å². The molecule has 1 fully saturated rings. The van der Waals surface area contributed by atoms with Crippen LogP contribution in [0.3, 0.4) is 0 Å². The van der Waals surface area contributed by atoms with Crippen molar-refractivity contribution in [2.24, 2.45) is 4.99 Å². The Kier molecular flexibility index (Phi) is 10.3. The number of carbonyl (C=O) groups is 1. The average molecular weight is 577 g/mol. The molecule has 0 unspecified atom stereocenters. The molecule has 31 heavy (non-hydrogen) atoms. The molecule has 1 aromatic heterocycles. The van der Waals surface area contributed by atoms with Crippen LogP contribution in [0.25, 0.3) is 0 Å². The Labute approximate surface area is 210 Å². The van der Waals surface area contributed by atoms with Crippen LogP contribution in [-0.2, 0) is 17.8 Å². The van der Waals surface area contributed by atoms with E-state index in [2.05, 4.69) is 27.5 Å². The molecule has 1 N–H and O–H groups in total. The summed E-state index contributed by atoms with van der Waals surface area (Å²) in [6, 6.07) is 7.50. The molecule has 0 atom stereocenters. The Morgan fingerprint density at radius 3 is 2.58 bits per heavy atom. The molecule has 1 aliphatic heterocycles. The van der Waals surface area contributed by atoms with Gasteiger partial charge < -0.3 is 20.0 Å². The lowest BCUT2D eigenvalue weighted by Gasteiger charge is -2.36. The number of thiazole rings is 1. The molecule has 0 aliphatic carbocycles. The number of rotatable bonds is 6. The van der Waals surface area contributed by atoms with Gasteiger partial charge in [-0.15, -0.1) is 35.3 Å². The van der Waals surface area contributed by atoms with E-state index >= 15 is 0 Å². The van der Waals surface area contributed by atoms with Gasteiger partial charge in [0.05, 0.1) is 18.7 Å². The molecule has 2 heterocycles. The van der Waals surface area contributed by atoms with Crippen molar-refractivity contribution < 1.29 is 4.79 Å². The average Bonchev–Trinajstić information content (AvgIpc) is 3.21. The van der Waals surface area contributed by atoms with E-state index in [9.17, 15) is 4.79 Å². The van der Waals surface area contributed by atoms with Crippen molar-refractivity contribution in [1.82, 2.24) is 20.1 Å². The Hall–Kier alpha value is -1.59. The predicted octanol–water partition coefficient (Wildman–Crippen LogP) is 3.33. The molecule has 170 valence electrons. The van der Waals surface area contributed by atoms with Crippen LogP contribution in [0.5, 0.6) is 0 Å². The largest absolute Gasteiger partial charge is 0.357 e. The Bertz CT molecular complexity index is 882. The molecule has 0 saturated carbocycles. The van der Waals surface area contributed by atoms with Gasteiger partial charge in [-0.3, -0.25) is 4.79 Å². The summed E-state index contributed by atoms with van der Waals surface area (Å²) in [6.45, 7) is 6.29. The minimum atomic E-state index is 0. The zero-order valence-corrected chi connectivity index (χ0v) is 22.1. The molecule has 1 aliphatic rings. The van der Waals surface area contributed by atoms with Crippen LogP contribution in [0.15, 0.2) is 34.6 Å². The zero-order valence-electron chi connectivity index (χ0n) is 18.2. The summed E-state index contributed by atoms with van der Waals surface area (Å²) in [4.78, 5) is 28.2. The van der Waals surface area contributed by atoms with Crippen LogP contribution in [0, 0.1) is 0 Å². The molecule has 3 rings (SSSR count). The van der Waals surface area contributed by atoms with Crippen LogP contribution >= 0.6 is 46.9 Å². The molecule has 7 nitrogen and oxygen atoms in total. The molecule has 1 amide bonds. The molecule has 1 aromatic carbocycles. The monoisotopic (exact) mass is 576 g/mol. The lowest BCUT2D eigenvalue weighted by atomic mass is 10.1. The van der Waals surface area contributed by atoms with Crippen LogP contribution in [0.2, 0.25) is 5.02 Å². The fourth-order valence-electron chi connectivity index (χ4n) is 3.26. The van der Waals surface area contributed by atoms with Gasteiger partial charge >= 0.3 is 0 Å². The number of piperazine rings is 1. The van der Waals surface area contributed by atoms with E-state index < -0.39 is 0 Å². The highest BCUT2D eigenvalue weighted by molar-refractivity contribution is 14.0. The second kappa shape index (κ2) is 12.4. The minimum Gasteiger partial charge on any atom is -0.357 e. The number of aliphatic imine (C=N–C) groups is 1. The minimum absolute atomic E-state index is 0. The smallest absolute Gasteiger partial charge is 0.227 e. The van der Waals surface area contributed by atoms with Crippen LogP contribution < -0.4 is 10.2 Å². The van der Waals surface area contributed by atoms with Crippen LogP contribution in [0.4, 0.5) is 5.13 Å². The molecule has 0 spiro atoms. The number of guanidine groups is 1. The molecule has 1 saturated heterocycles. The van der Waals surface area contributed by atoms with Gasteiger partial charge in [0.15, 0.2) is 11.1 Å². The highest BCUT2D eigenvalue weighted by Crippen LogP contribution is 2.18. The number of amides is 1. The first-order valence-electron chi connectivity index (χ1n) is 10.1. The standard InChI is InChI=1S/C21H29ClN6OS.HI/c1-4-23-20(24-14-18-15-30-21(25-18)26(2)3)28-10-8-27(9-11-28)19(29)13-16-6-5-7-17(22)12-16;/h5-7,12,15H,4,8-11,13-14H2,1-3H3,(H,23,24);1H. The fourth-order valence-corrected chi connectivity index (χ4v) is 4.22. The zero-order chi connectivity index (χ0) is 21.5. The summed E-state index contributed by atoms with van der Waals surface area (Å²) in [5.74, 6) is 1.01. The number of hydrogen-bond acceptors (Lipinski definition) is 5. The van der Waals surface area contributed by atoms with E-state index in [-0.39, 0.29) is 29.9 Å². The summed E-state index contributed by atoms with van der Waals surface area (Å²) in [7, 11) is 3.98. The van der Waals surface area contributed by atoms with Crippen molar-refractivity contribution >= 4 is 63.9 Å². The second-order valence-electron chi connectivity index (χ2n) is 7.36. The van der Waals surface area contributed by atoms with Crippen molar-refractivity contribution in [3.63, 3.8) is 0 Å². The van der Waals surface area contributed by atoms with Gasteiger partial charge in [0.25, 0.3) is 0 Å². The first-order chi connectivity index (χ1) is 14.5. The van der Waals surface area contributed by atoms with E-state index in [0.29, 0.717) is 31.1 Å². The third-order valence-corrected chi connectivity index (χ3v) is 6.12. The van der Waals surface area contributed by atoms with Crippen molar-refractivity contribution in [3.05, 3.63) is 45.9 Å². The molecule has 0 radical (unpaired) electrons. The lowest BCUT2D eigenvalue weighted by molar-refractivity contribution is -0.131. The second-order valence-corrected chi connectivity index (χ2v) is 8.63. The Morgan fingerprint density at radius 1 is 1.26 bits per heavy atom. The number of hydrogen-bond donors (Lipinski definition) is 1. The highest BCUT2D eigenvalue weighted by atomic mass is 127. The third kappa shape index (κ3) is 7.50. The number of anilines is 1. The summed E-state index contributed by atoms with van der Waals surface area (Å²) in [6.07, 6.45) is 0.382. The maximum atomic E-state index is 12.7. The van der Waals surface area contributed by atoms with Gasteiger partial charge in [-0.05, 0) is 24.6 Å². The summed E-state index contributed by atoms with van der Waals surface area (Å²) >= 11 is 7.65. The first kappa shape index (κ1) is 25.7. The fraction of sp³-hybridized carbons (Fsp3) is 0.476. The summed E-state index contributed by atoms with van der Waals surface area (Å²) in [5.41, 5.74) is 1.92. The number of benzene rings is 1. The van der Waals surface area contributed by atoms with Crippen LogP contribution in [0.1, 0.15) is 18.2 Å². The van der Waals surface area contributed by atoms with Gasteiger partial charge in [0, 0.05) is 57.2 Å². The number of halogens is 2. The topological polar surface area (TPSA) is 64.1 Å². The van der Waals surface area contributed by atoms with E-state index in [0.717, 1.165) is 42.0 Å². The van der Waals surface area contributed by atoms with E-state index in [1.807, 2.05) is 48.2 Å². The number of nitrogens with one attached hydrogen (secondary N) is 1. The van der Waals surface area contributed by atoms with Gasteiger partial charge in [-0.2, -0.15) is 0 Å². The maximum Gasteiger partial charge on any atom is 0.227 e. The van der Waals surface area contributed by atoms with Crippen molar-refractivity contribution in [2.45, 2.75) is 19.9 Å². The van der Waals surface area contributed by atoms with E-state index in [1.165, 1.54) is 0 Å². The molecule has 10 heteroatoms. The van der Waals surface area contributed by atoms with Gasteiger partial charge in [0.1, 0.15) is 0 Å².